The lowest BCUT2D eigenvalue weighted by molar-refractivity contribution is 0.389. The first-order valence-corrected chi connectivity index (χ1v) is 7.04. The van der Waals surface area contributed by atoms with Crippen LogP contribution in [-0.2, 0) is 6.54 Å². The highest BCUT2D eigenvalue weighted by Crippen LogP contribution is 2.15. The number of benzene rings is 1. The van der Waals surface area contributed by atoms with Gasteiger partial charge < -0.3 is 15.2 Å². The summed E-state index contributed by atoms with van der Waals surface area (Å²) in [7, 11) is 0. The number of nitrogens with zero attached hydrogens (tertiary/aromatic N) is 2. The molecule has 0 spiro atoms. The summed E-state index contributed by atoms with van der Waals surface area (Å²) in [4.78, 5) is 3.94. The van der Waals surface area contributed by atoms with Crippen molar-refractivity contribution in [3.05, 3.63) is 48.3 Å². The Morgan fingerprint density at radius 1 is 1.45 bits per heavy atom. The van der Waals surface area contributed by atoms with E-state index in [4.69, 9.17) is 0 Å². The molecule has 1 unspecified atom stereocenters. The van der Waals surface area contributed by atoms with Gasteiger partial charge >= 0.3 is 0 Å². The van der Waals surface area contributed by atoms with E-state index in [0.29, 0.717) is 18.3 Å². The van der Waals surface area contributed by atoms with E-state index in [1.807, 2.05) is 6.07 Å². The van der Waals surface area contributed by atoms with Crippen molar-refractivity contribution in [1.82, 2.24) is 20.2 Å². The van der Waals surface area contributed by atoms with E-state index in [9.17, 15) is 4.39 Å². The summed E-state index contributed by atoms with van der Waals surface area (Å²) in [6, 6.07) is 5.84. The minimum absolute atomic E-state index is 0.218. The number of halogens is 1. The molecule has 20 heavy (non-hydrogen) atoms. The van der Waals surface area contributed by atoms with Gasteiger partial charge in [0.1, 0.15) is 5.82 Å². The maximum atomic E-state index is 14.1. The van der Waals surface area contributed by atoms with E-state index >= 15 is 0 Å². The molecule has 4 nitrogen and oxygen atoms in total. The lowest BCUT2D eigenvalue weighted by atomic mass is 10.1. The van der Waals surface area contributed by atoms with Gasteiger partial charge in [-0.05, 0) is 37.1 Å². The number of rotatable bonds is 4. The van der Waals surface area contributed by atoms with Crippen molar-refractivity contribution in [2.45, 2.75) is 25.4 Å². The van der Waals surface area contributed by atoms with Crippen LogP contribution in [0.4, 0.5) is 4.39 Å². The average molecular weight is 274 g/mol. The zero-order valence-electron chi connectivity index (χ0n) is 11.3. The van der Waals surface area contributed by atoms with Gasteiger partial charge in [-0.15, -0.1) is 0 Å². The van der Waals surface area contributed by atoms with Crippen LogP contribution < -0.4 is 10.6 Å². The molecule has 2 N–H and O–H groups in total. The van der Waals surface area contributed by atoms with E-state index in [1.165, 1.54) is 12.8 Å². The second-order valence-electron chi connectivity index (χ2n) is 5.18. The molecule has 1 fully saturated rings. The Morgan fingerprint density at radius 2 is 2.40 bits per heavy atom. The molecule has 2 heterocycles. The van der Waals surface area contributed by atoms with Crippen LogP contribution in [0.25, 0.3) is 5.69 Å². The largest absolute Gasteiger partial charge is 0.315 e. The number of hydrogen-bond donors (Lipinski definition) is 2. The number of piperidine rings is 1. The van der Waals surface area contributed by atoms with E-state index in [-0.39, 0.29) is 5.82 Å². The monoisotopic (exact) mass is 274 g/mol. The molecule has 0 bridgehead atoms. The van der Waals surface area contributed by atoms with Crippen LogP contribution in [-0.4, -0.2) is 28.7 Å². The summed E-state index contributed by atoms with van der Waals surface area (Å²) in [6.45, 7) is 2.80. The number of nitrogens with one attached hydrogen (secondary N) is 2. The Balaban J connectivity index is 1.64. The highest BCUT2D eigenvalue weighted by Gasteiger charge is 2.12. The molecule has 1 aliphatic rings. The SMILES string of the molecule is Fc1cc(CNC2CCCNC2)ccc1-n1ccnc1. The molecule has 106 valence electrons. The van der Waals surface area contributed by atoms with E-state index in [1.54, 1.807) is 35.4 Å². The molecular weight excluding hydrogens is 255 g/mol. The zero-order valence-corrected chi connectivity index (χ0v) is 11.3. The molecule has 1 aromatic heterocycles. The zero-order chi connectivity index (χ0) is 13.8. The van der Waals surface area contributed by atoms with Crippen LogP contribution in [0.3, 0.4) is 0 Å². The first-order valence-electron chi connectivity index (χ1n) is 7.04. The predicted molar refractivity (Wildman–Crippen MR) is 76.3 cm³/mol. The van der Waals surface area contributed by atoms with Crippen LogP contribution in [0.5, 0.6) is 0 Å². The van der Waals surface area contributed by atoms with Crippen LogP contribution in [0.2, 0.25) is 0 Å². The molecule has 3 rings (SSSR count). The molecule has 2 aromatic rings. The third-order valence-electron chi connectivity index (χ3n) is 3.69. The maximum Gasteiger partial charge on any atom is 0.147 e. The highest BCUT2D eigenvalue weighted by molar-refractivity contribution is 5.36. The van der Waals surface area contributed by atoms with Crippen molar-refractivity contribution in [3.63, 3.8) is 0 Å². The van der Waals surface area contributed by atoms with Crippen LogP contribution in [0, 0.1) is 5.82 Å². The van der Waals surface area contributed by atoms with Gasteiger partial charge in [-0.25, -0.2) is 9.37 Å². The lowest BCUT2D eigenvalue weighted by Gasteiger charge is -2.24. The van der Waals surface area contributed by atoms with Crippen molar-refractivity contribution in [2.75, 3.05) is 13.1 Å². The fraction of sp³-hybridized carbons (Fsp3) is 0.400. The van der Waals surface area contributed by atoms with Crippen molar-refractivity contribution in [2.24, 2.45) is 0 Å². The topological polar surface area (TPSA) is 41.9 Å². The quantitative estimate of drug-likeness (QED) is 0.894. The Hall–Kier alpha value is -1.72. The van der Waals surface area contributed by atoms with Crippen molar-refractivity contribution in [1.29, 1.82) is 0 Å². The van der Waals surface area contributed by atoms with Gasteiger partial charge in [-0.2, -0.15) is 0 Å². The number of hydrogen-bond acceptors (Lipinski definition) is 3. The third kappa shape index (κ3) is 3.05. The minimum Gasteiger partial charge on any atom is -0.315 e. The summed E-state index contributed by atoms with van der Waals surface area (Å²) in [5, 5.41) is 6.83. The number of imidazole rings is 1. The summed E-state index contributed by atoms with van der Waals surface area (Å²) in [6.07, 6.45) is 7.37. The molecule has 0 amide bonds. The fourth-order valence-corrected chi connectivity index (χ4v) is 2.56. The molecule has 1 aromatic carbocycles. The van der Waals surface area contributed by atoms with Gasteiger partial charge in [0.25, 0.3) is 0 Å². The Kier molecular flexibility index (Phi) is 4.08. The molecule has 1 aliphatic heterocycles. The molecule has 0 saturated carbocycles. The van der Waals surface area contributed by atoms with Gasteiger partial charge in [0.15, 0.2) is 0 Å². The first-order chi connectivity index (χ1) is 9.83. The van der Waals surface area contributed by atoms with Gasteiger partial charge in [0, 0.05) is 31.5 Å². The van der Waals surface area contributed by atoms with Gasteiger partial charge in [-0.3, -0.25) is 0 Å². The third-order valence-corrected chi connectivity index (χ3v) is 3.69. The Morgan fingerprint density at radius 3 is 3.10 bits per heavy atom. The van der Waals surface area contributed by atoms with Crippen LogP contribution in [0.1, 0.15) is 18.4 Å². The summed E-state index contributed by atoms with van der Waals surface area (Å²) >= 11 is 0. The van der Waals surface area contributed by atoms with Gasteiger partial charge in [0.2, 0.25) is 0 Å². The van der Waals surface area contributed by atoms with E-state index in [0.717, 1.165) is 18.7 Å². The lowest BCUT2D eigenvalue weighted by Crippen LogP contribution is -2.42. The average Bonchev–Trinajstić information content (AvgIpc) is 3.00. The van der Waals surface area contributed by atoms with E-state index in [2.05, 4.69) is 15.6 Å². The molecular formula is C15H19FN4. The Labute approximate surface area is 118 Å². The first kappa shape index (κ1) is 13.3. The van der Waals surface area contributed by atoms with Crippen LogP contribution >= 0.6 is 0 Å². The van der Waals surface area contributed by atoms with Crippen molar-refractivity contribution >= 4 is 0 Å². The van der Waals surface area contributed by atoms with Crippen LogP contribution in [0.15, 0.2) is 36.9 Å². The molecule has 1 saturated heterocycles. The standard InChI is InChI=1S/C15H19FN4/c16-14-8-12(9-19-13-2-1-5-17-10-13)3-4-15(14)20-7-6-18-11-20/h3-4,6-8,11,13,17,19H,1-2,5,9-10H2. The van der Waals surface area contributed by atoms with Gasteiger partial charge in [-0.1, -0.05) is 6.07 Å². The normalized spacial score (nSPS) is 19.1. The van der Waals surface area contributed by atoms with Gasteiger partial charge in [0.05, 0.1) is 12.0 Å². The second-order valence-corrected chi connectivity index (χ2v) is 5.18. The highest BCUT2D eigenvalue weighted by atomic mass is 19.1. The molecule has 1 atom stereocenters. The Bertz CT molecular complexity index is 547. The van der Waals surface area contributed by atoms with Crippen molar-refractivity contribution in [3.8, 4) is 5.69 Å². The minimum atomic E-state index is -0.218. The summed E-state index contributed by atoms with van der Waals surface area (Å²) < 4.78 is 15.8. The van der Waals surface area contributed by atoms with E-state index < -0.39 is 0 Å². The summed E-state index contributed by atoms with van der Waals surface area (Å²) in [5.41, 5.74) is 1.50. The molecule has 5 heteroatoms. The molecule has 0 aliphatic carbocycles. The predicted octanol–water partition coefficient (Wildman–Crippen LogP) is 1.85. The number of aromatic nitrogens is 2. The smallest absolute Gasteiger partial charge is 0.147 e. The second kappa shape index (κ2) is 6.15. The summed E-state index contributed by atoms with van der Waals surface area (Å²) in [5.74, 6) is -0.218. The maximum absolute atomic E-state index is 14.1. The fourth-order valence-electron chi connectivity index (χ4n) is 2.56. The van der Waals surface area contributed by atoms with Crippen molar-refractivity contribution < 1.29 is 4.39 Å². The molecule has 0 radical (unpaired) electrons.